The molecule has 2 aromatic rings. The van der Waals surface area contributed by atoms with Crippen molar-refractivity contribution in [2.24, 2.45) is 0 Å². The Morgan fingerprint density at radius 3 is 2.65 bits per heavy atom. The van der Waals surface area contributed by atoms with E-state index in [1.165, 1.54) is 0 Å². The van der Waals surface area contributed by atoms with Crippen LogP contribution in [0.15, 0.2) is 40.4 Å². The van der Waals surface area contributed by atoms with E-state index in [1.54, 1.807) is 18.9 Å². The van der Waals surface area contributed by atoms with Crippen molar-refractivity contribution in [1.29, 1.82) is 0 Å². The van der Waals surface area contributed by atoms with Gasteiger partial charge in [0.1, 0.15) is 10.8 Å². The molecule has 0 aliphatic rings. The average molecular weight is 289 g/mol. The maximum atomic E-state index is 5.16. The standard InChI is InChI=1S/C15H19N3OS/c1-4-9-16-15-17-10-11(2)14(18-15)20-13-7-5-12(19-3)6-8-13/h5-8,10H,4,9H2,1-3H3,(H,16,17,18). The zero-order valence-electron chi connectivity index (χ0n) is 12.0. The van der Waals surface area contributed by atoms with E-state index in [0.29, 0.717) is 5.95 Å². The fourth-order valence-corrected chi connectivity index (χ4v) is 2.45. The lowest BCUT2D eigenvalue weighted by Crippen LogP contribution is -2.05. The van der Waals surface area contributed by atoms with Gasteiger partial charge in [0.05, 0.1) is 7.11 Å². The van der Waals surface area contributed by atoms with Gasteiger partial charge in [-0.3, -0.25) is 0 Å². The number of aromatic nitrogens is 2. The molecule has 20 heavy (non-hydrogen) atoms. The Morgan fingerprint density at radius 1 is 1.25 bits per heavy atom. The van der Waals surface area contributed by atoms with E-state index in [9.17, 15) is 0 Å². The second-order valence-corrected chi connectivity index (χ2v) is 5.45. The molecule has 1 aromatic heterocycles. The van der Waals surface area contributed by atoms with Crippen molar-refractivity contribution in [3.8, 4) is 5.75 Å². The highest BCUT2D eigenvalue weighted by Crippen LogP contribution is 2.30. The quantitative estimate of drug-likeness (QED) is 0.820. The van der Waals surface area contributed by atoms with E-state index < -0.39 is 0 Å². The number of anilines is 1. The molecule has 1 heterocycles. The molecule has 0 radical (unpaired) electrons. The van der Waals surface area contributed by atoms with Crippen LogP contribution in [0.5, 0.6) is 5.75 Å². The van der Waals surface area contributed by atoms with Gasteiger partial charge < -0.3 is 10.1 Å². The first kappa shape index (κ1) is 14.7. The largest absolute Gasteiger partial charge is 0.497 e. The number of ether oxygens (including phenoxy) is 1. The lowest BCUT2D eigenvalue weighted by Gasteiger charge is -2.08. The van der Waals surface area contributed by atoms with Gasteiger partial charge in [-0.15, -0.1) is 0 Å². The zero-order chi connectivity index (χ0) is 14.4. The number of hydrogen-bond acceptors (Lipinski definition) is 5. The predicted octanol–water partition coefficient (Wildman–Crippen LogP) is 3.77. The molecule has 0 amide bonds. The fraction of sp³-hybridized carbons (Fsp3) is 0.333. The minimum Gasteiger partial charge on any atom is -0.497 e. The predicted molar refractivity (Wildman–Crippen MR) is 82.7 cm³/mol. The Bertz CT molecular complexity index is 558. The normalized spacial score (nSPS) is 10.3. The van der Waals surface area contributed by atoms with Gasteiger partial charge in [-0.05, 0) is 37.6 Å². The van der Waals surface area contributed by atoms with Crippen molar-refractivity contribution in [1.82, 2.24) is 9.97 Å². The third kappa shape index (κ3) is 3.87. The van der Waals surface area contributed by atoms with Gasteiger partial charge >= 0.3 is 0 Å². The number of aryl methyl sites for hydroxylation is 1. The van der Waals surface area contributed by atoms with Gasteiger partial charge in [0, 0.05) is 23.2 Å². The van der Waals surface area contributed by atoms with Gasteiger partial charge in [0.25, 0.3) is 0 Å². The molecule has 2 rings (SSSR count). The summed E-state index contributed by atoms with van der Waals surface area (Å²) in [5.41, 5.74) is 1.08. The van der Waals surface area contributed by atoms with Crippen LogP contribution in [-0.2, 0) is 0 Å². The molecule has 0 fully saturated rings. The van der Waals surface area contributed by atoms with Crippen molar-refractivity contribution in [2.45, 2.75) is 30.2 Å². The molecule has 0 saturated carbocycles. The summed E-state index contributed by atoms with van der Waals surface area (Å²) in [5, 5.41) is 4.19. The van der Waals surface area contributed by atoms with Crippen LogP contribution in [0.3, 0.4) is 0 Å². The Balaban J connectivity index is 2.14. The summed E-state index contributed by atoms with van der Waals surface area (Å²) >= 11 is 1.63. The van der Waals surface area contributed by atoms with Gasteiger partial charge in [-0.1, -0.05) is 18.7 Å². The first-order chi connectivity index (χ1) is 9.72. The molecule has 0 spiro atoms. The van der Waals surface area contributed by atoms with Crippen LogP contribution in [-0.4, -0.2) is 23.6 Å². The number of nitrogens with zero attached hydrogens (tertiary/aromatic N) is 2. The van der Waals surface area contributed by atoms with E-state index in [-0.39, 0.29) is 0 Å². The summed E-state index contributed by atoms with van der Waals surface area (Å²) in [6.07, 6.45) is 2.91. The van der Waals surface area contributed by atoms with Crippen LogP contribution in [0, 0.1) is 6.92 Å². The summed E-state index contributed by atoms with van der Waals surface area (Å²) in [7, 11) is 1.67. The third-order valence-electron chi connectivity index (χ3n) is 2.73. The summed E-state index contributed by atoms with van der Waals surface area (Å²) in [4.78, 5) is 9.98. The van der Waals surface area contributed by atoms with E-state index in [1.807, 2.05) is 37.4 Å². The van der Waals surface area contributed by atoms with Crippen molar-refractivity contribution >= 4 is 17.7 Å². The molecular weight excluding hydrogens is 270 g/mol. The number of benzene rings is 1. The van der Waals surface area contributed by atoms with E-state index in [4.69, 9.17) is 4.74 Å². The lowest BCUT2D eigenvalue weighted by atomic mass is 10.3. The van der Waals surface area contributed by atoms with Crippen LogP contribution in [0.2, 0.25) is 0 Å². The molecule has 1 N–H and O–H groups in total. The SMILES string of the molecule is CCCNc1ncc(C)c(Sc2ccc(OC)cc2)n1. The molecule has 0 atom stereocenters. The molecule has 0 aliphatic heterocycles. The maximum Gasteiger partial charge on any atom is 0.223 e. The van der Waals surface area contributed by atoms with Gasteiger partial charge in [-0.25, -0.2) is 9.97 Å². The Labute approximate surface area is 124 Å². The Kier molecular flexibility index (Phi) is 5.24. The molecule has 0 unspecified atom stereocenters. The lowest BCUT2D eigenvalue weighted by molar-refractivity contribution is 0.414. The van der Waals surface area contributed by atoms with Crippen molar-refractivity contribution < 1.29 is 4.74 Å². The summed E-state index contributed by atoms with van der Waals surface area (Å²) < 4.78 is 5.16. The molecule has 1 aromatic carbocycles. The average Bonchev–Trinajstić information content (AvgIpc) is 2.49. The zero-order valence-corrected chi connectivity index (χ0v) is 12.8. The minimum atomic E-state index is 0.688. The monoisotopic (exact) mass is 289 g/mol. The Morgan fingerprint density at radius 2 is 2.00 bits per heavy atom. The summed E-state index contributed by atoms with van der Waals surface area (Å²) in [6, 6.07) is 7.97. The van der Waals surface area contributed by atoms with Crippen LogP contribution in [0.4, 0.5) is 5.95 Å². The summed E-state index contributed by atoms with van der Waals surface area (Å²) in [5.74, 6) is 1.55. The molecule has 0 saturated heterocycles. The second-order valence-electron chi connectivity index (χ2n) is 4.39. The van der Waals surface area contributed by atoms with Crippen LogP contribution >= 0.6 is 11.8 Å². The number of hydrogen-bond donors (Lipinski definition) is 1. The number of methoxy groups -OCH3 is 1. The molecule has 0 bridgehead atoms. The maximum absolute atomic E-state index is 5.16. The van der Waals surface area contributed by atoms with Crippen molar-refractivity contribution in [3.05, 3.63) is 36.0 Å². The number of rotatable bonds is 6. The van der Waals surface area contributed by atoms with Crippen LogP contribution in [0.25, 0.3) is 0 Å². The van der Waals surface area contributed by atoms with E-state index >= 15 is 0 Å². The minimum absolute atomic E-state index is 0.688. The topological polar surface area (TPSA) is 47.0 Å². The van der Waals surface area contributed by atoms with Crippen molar-refractivity contribution in [3.63, 3.8) is 0 Å². The van der Waals surface area contributed by atoms with Gasteiger partial charge in [-0.2, -0.15) is 0 Å². The highest BCUT2D eigenvalue weighted by molar-refractivity contribution is 7.99. The first-order valence-electron chi connectivity index (χ1n) is 6.62. The molecule has 0 aliphatic carbocycles. The molecule has 4 nitrogen and oxygen atoms in total. The highest BCUT2D eigenvalue weighted by atomic mass is 32.2. The second kappa shape index (κ2) is 7.14. The molecular formula is C15H19N3OS. The van der Waals surface area contributed by atoms with Gasteiger partial charge in [0.2, 0.25) is 5.95 Å². The van der Waals surface area contributed by atoms with E-state index in [2.05, 4.69) is 22.2 Å². The smallest absolute Gasteiger partial charge is 0.223 e. The molecule has 106 valence electrons. The van der Waals surface area contributed by atoms with Crippen molar-refractivity contribution in [2.75, 3.05) is 19.0 Å². The fourth-order valence-electron chi connectivity index (χ4n) is 1.61. The first-order valence-corrected chi connectivity index (χ1v) is 7.44. The van der Waals surface area contributed by atoms with E-state index in [0.717, 1.165) is 34.2 Å². The van der Waals surface area contributed by atoms with Crippen LogP contribution < -0.4 is 10.1 Å². The van der Waals surface area contributed by atoms with Crippen LogP contribution in [0.1, 0.15) is 18.9 Å². The highest BCUT2D eigenvalue weighted by Gasteiger charge is 2.06. The number of nitrogens with one attached hydrogen (secondary N) is 1. The third-order valence-corrected chi connectivity index (χ3v) is 3.85. The summed E-state index contributed by atoms with van der Waals surface area (Å²) in [6.45, 7) is 5.03. The Hall–Kier alpha value is -1.75. The van der Waals surface area contributed by atoms with Gasteiger partial charge in [0.15, 0.2) is 0 Å². The molecule has 5 heteroatoms.